The van der Waals surface area contributed by atoms with E-state index in [0.717, 1.165) is 37.2 Å². The lowest BCUT2D eigenvalue weighted by Gasteiger charge is -2.12. The fraction of sp³-hybridized carbons (Fsp3) is 0.533. The van der Waals surface area contributed by atoms with Crippen LogP contribution in [0.2, 0.25) is 0 Å². The van der Waals surface area contributed by atoms with Gasteiger partial charge >= 0.3 is 0 Å². The molecule has 4 heteroatoms. The van der Waals surface area contributed by atoms with Crippen LogP contribution in [-0.2, 0) is 0 Å². The van der Waals surface area contributed by atoms with E-state index in [4.69, 9.17) is 9.72 Å². The molecule has 1 saturated heterocycles. The number of rotatable bonds is 4. The fourth-order valence-electron chi connectivity index (χ4n) is 2.33. The summed E-state index contributed by atoms with van der Waals surface area (Å²) in [6.45, 7) is 6.44. The first kappa shape index (κ1) is 12.9. The quantitative estimate of drug-likeness (QED) is 0.927. The summed E-state index contributed by atoms with van der Waals surface area (Å²) in [6, 6.07) is 6.25. The van der Waals surface area contributed by atoms with Crippen LogP contribution in [0.25, 0.3) is 10.2 Å². The summed E-state index contributed by atoms with van der Waals surface area (Å²) in [7, 11) is 0. The molecular formula is C15H20N2OS. The molecule has 1 aliphatic heterocycles. The number of hydrogen-bond acceptors (Lipinski definition) is 4. The van der Waals surface area contributed by atoms with Crippen molar-refractivity contribution >= 4 is 21.6 Å². The van der Waals surface area contributed by atoms with E-state index in [1.54, 1.807) is 11.3 Å². The second-order valence-corrected chi connectivity index (χ2v) is 6.26. The van der Waals surface area contributed by atoms with Gasteiger partial charge < -0.3 is 10.1 Å². The molecule has 0 radical (unpaired) electrons. The molecule has 1 fully saturated rings. The van der Waals surface area contributed by atoms with Crippen molar-refractivity contribution < 1.29 is 4.74 Å². The maximum Gasteiger partial charge on any atom is 0.146 e. The normalized spacial score (nSPS) is 20.8. The van der Waals surface area contributed by atoms with Gasteiger partial charge in [-0.15, -0.1) is 11.3 Å². The highest BCUT2D eigenvalue weighted by Crippen LogP contribution is 2.34. The Bertz CT molecular complexity index is 560. The molecule has 0 aliphatic carbocycles. The number of hydrogen-bond donors (Lipinski definition) is 1. The van der Waals surface area contributed by atoms with E-state index in [0.29, 0.717) is 12.0 Å². The number of para-hydroxylation sites is 1. The van der Waals surface area contributed by atoms with Crippen molar-refractivity contribution in [1.82, 2.24) is 10.3 Å². The molecule has 1 aromatic carbocycles. The lowest BCUT2D eigenvalue weighted by atomic mass is 10.1. The van der Waals surface area contributed by atoms with Gasteiger partial charge in [0.05, 0.1) is 9.71 Å². The van der Waals surface area contributed by atoms with E-state index in [1.165, 1.54) is 9.71 Å². The molecule has 2 atom stereocenters. The maximum atomic E-state index is 6.10. The molecule has 2 aromatic rings. The predicted octanol–water partition coefficient (Wildman–Crippen LogP) is 3.55. The van der Waals surface area contributed by atoms with E-state index in [1.807, 2.05) is 6.07 Å². The van der Waals surface area contributed by atoms with Crippen LogP contribution in [-0.4, -0.2) is 24.2 Å². The van der Waals surface area contributed by atoms with E-state index in [9.17, 15) is 0 Å². The van der Waals surface area contributed by atoms with Gasteiger partial charge in [0.25, 0.3) is 0 Å². The van der Waals surface area contributed by atoms with Gasteiger partial charge in [0.15, 0.2) is 0 Å². The number of ether oxygens (including phenoxy) is 1. The first-order valence-corrected chi connectivity index (χ1v) is 7.86. The first-order valence-electron chi connectivity index (χ1n) is 7.04. The van der Waals surface area contributed by atoms with Gasteiger partial charge in [0.1, 0.15) is 17.4 Å². The van der Waals surface area contributed by atoms with Crippen LogP contribution >= 0.6 is 11.3 Å². The number of fused-ring (bicyclic) bond motifs is 1. The van der Waals surface area contributed by atoms with E-state index in [-0.39, 0.29) is 0 Å². The minimum Gasteiger partial charge on any atom is -0.487 e. The van der Waals surface area contributed by atoms with Crippen LogP contribution in [0.1, 0.15) is 37.6 Å². The van der Waals surface area contributed by atoms with Crippen molar-refractivity contribution in [3.63, 3.8) is 0 Å². The topological polar surface area (TPSA) is 34.1 Å². The summed E-state index contributed by atoms with van der Waals surface area (Å²) in [4.78, 5) is 4.80. The molecular weight excluding hydrogens is 256 g/mol. The number of thiazole rings is 1. The zero-order valence-corrected chi connectivity index (χ0v) is 12.3. The molecule has 0 bridgehead atoms. The first-order chi connectivity index (χ1) is 9.28. The Morgan fingerprint density at radius 3 is 3.16 bits per heavy atom. The fourth-order valence-corrected chi connectivity index (χ4v) is 3.45. The third-order valence-corrected chi connectivity index (χ3v) is 4.99. The lowest BCUT2D eigenvalue weighted by Crippen LogP contribution is -2.19. The molecule has 1 aromatic heterocycles. The molecule has 1 N–H and O–H groups in total. The molecule has 3 nitrogen and oxygen atoms in total. The summed E-state index contributed by atoms with van der Waals surface area (Å²) in [6.07, 6.45) is 2.50. The summed E-state index contributed by atoms with van der Waals surface area (Å²) in [5, 5.41) is 4.55. The molecule has 2 heterocycles. The lowest BCUT2D eigenvalue weighted by molar-refractivity contribution is 0.225. The highest BCUT2D eigenvalue weighted by Gasteiger charge is 2.19. The summed E-state index contributed by atoms with van der Waals surface area (Å²) in [5.74, 6) is 1.47. The van der Waals surface area contributed by atoms with Crippen molar-refractivity contribution in [3.8, 4) is 5.75 Å². The van der Waals surface area contributed by atoms with Crippen LogP contribution in [0, 0.1) is 0 Å². The monoisotopic (exact) mass is 276 g/mol. The van der Waals surface area contributed by atoms with Crippen molar-refractivity contribution in [2.45, 2.75) is 38.7 Å². The highest BCUT2D eigenvalue weighted by atomic mass is 32.1. The van der Waals surface area contributed by atoms with Gasteiger partial charge in [-0.25, -0.2) is 4.98 Å². The zero-order valence-electron chi connectivity index (χ0n) is 11.5. The van der Waals surface area contributed by atoms with Gasteiger partial charge in [-0.05, 0) is 31.5 Å². The third kappa shape index (κ3) is 2.60. The molecule has 3 rings (SSSR count). The van der Waals surface area contributed by atoms with Crippen LogP contribution in [0.15, 0.2) is 18.2 Å². The van der Waals surface area contributed by atoms with Crippen LogP contribution in [0.5, 0.6) is 5.75 Å². The molecule has 0 saturated carbocycles. The average molecular weight is 276 g/mol. The van der Waals surface area contributed by atoms with Gasteiger partial charge in [-0.1, -0.05) is 19.9 Å². The molecule has 0 spiro atoms. The van der Waals surface area contributed by atoms with Crippen molar-refractivity contribution in [2.24, 2.45) is 0 Å². The number of benzene rings is 1. The van der Waals surface area contributed by atoms with Gasteiger partial charge in [0.2, 0.25) is 0 Å². The van der Waals surface area contributed by atoms with Gasteiger partial charge in [0, 0.05) is 12.5 Å². The number of aromatic nitrogens is 1. The van der Waals surface area contributed by atoms with E-state index < -0.39 is 0 Å². The minimum atomic E-state index is 0.291. The van der Waals surface area contributed by atoms with E-state index >= 15 is 0 Å². The summed E-state index contributed by atoms with van der Waals surface area (Å²) >= 11 is 1.80. The molecule has 19 heavy (non-hydrogen) atoms. The Morgan fingerprint density at radius 2 is 2.42 bits per heavy atom. The third-order valence-electron chi connectivity index (χ3n) is 3.74. The maximum absolute atomic E-state index is 6.10. The van der Waals surface area contributed by atoms with Crippen LogP contribution in [0.4, 0.5) is 0 Å². The van der Waals surface area contributed by atoms with Crippen LogP contribution < -0.4 is 10.1 Å². The Kier molecular flexibility index (Phi) is 3.71. The largest absolute Gasteiger partial charge is 0.487 e. The number of nitrogens with zero attached hydrogens (tertiary/aromatic N) is 1. The second-order valence-electron chi connectivity index (χ2n) is 5.20. The molecule has 102 valence electrons. The molecule has 2 unspecified atom stereocenters. The average Bonchev–Trinajstić information content (AvgIpc) is 3.06. The van der Waals surface area contributed by atoms with E-state index in [2.05, 4.69) is 31.3 Å². The standard InChI is InChI=1S/C15H20N2OS/c1-3-10(2)15-17-14-12(5-4-6-13(14)19-15)18-11-7-8-16-9-11/h4-6,10-11,16H,3,7-9H2,1-2H3. The Balaban J connectivity index is 1.92. The Morgan fingerprint density at radius 1 is 1.53 bits per heavy atom. The van der Waals surface area contributed by atoms with Crippen molar-refractivity contribution in [2.75, 3.05) is 13.1 Å². The summed E-state index contributed by atoms with van der Waals surface area (Å²) < 4.78 is 7.33. The van der Waals surface area contributed by atoms with Crippen molar-refractivity contribution in [3.05, 3.63) is 23.2 Å². The number of nitrogens with one attached hydrogen (secondary N) is 1. The minimum absolute atomic E-state index is 0.291. The SMILES string of the molecule is CCC(C)c1nc2c(OC3CCNC3)cccc2s1. The Labute approximate surface area is 118 Å². The molecule has 1 aliphatic rings. The van der Waals surface area contributed by atoms with Crippen molar-refractivity contribution in [1.29, 1.82) is 0 Å². The molecule has 0 amide bonds. The predicted molar refractivity (Wildman–Crippen MR) is 80.2 cm³/mol. The van der Waals surface area contributed by atoms with Gasteiger partial charge in [-0.3, -0.25) is 0 Å². The Hall–Kier alpha value is -1.13. The highest BCUT2D eigenvalue weighted by molar-refractivity contribution is 7.18. The smallest absolute Gasteiger partial charge is 0.146 e. The zero-order chi connectivity index (χ0) is 13.2. The summed E-state index contributed by atoms with van der Waals surface area (Å²) in [5.41, 5.74) is 1.04. The van der Waals surface area contributed by atoms with Gasteiger partial charge in [-0.2, -0.15) is 0 Å². The van der Waals surface area contributed by atoms with Crippen LogP contribution in [0.3, 0.4) is 0 Å². The second kappa shape index (κ2) is 5.47.